The molecule has 62 valence electrons. The molecule has 0 radical (unpaired) electrons. The van der Waals surface area contributed by atoms with Crippen molar-refractivity contribution in [2.75, 3.05) is 0 Å². The number of carbonyl (C=O) groups excluding carboxylic acids is 1. The maximum absolute atomic E-state index is 10.7. The van der Waals surface area contributed by atoms with Gasteiger partial charge in [0.15, 0.2) is 0 Å². The number of amides is 1. The average molecular weight is 163 g/mol. The van der Waals surface area contributed by atoms with E-state index in [0.717, 1.165) is 5.56 Å². The maximum Gasteiger partial charge on any atom is 0.266 e. The Balaban J connectivity index is 3.25. The number of H-pyrrole nitrogens is 1. The van der Waals surface area contributed by atoms with Gasteiger partial charge in [0, 0.05) is 6.20 Å². The second kappa shape index (κ2) is 3.09. The van der Waals surface area contributed by atoms with Gasteiger partial charge < -0.3 is 10.7 Å². The van der Waals surface area contributed by atoms with Crippen molar-refractivity contribution in [3.63, 3.8) is 0 Å². The Bertz CT molecular complexity index is 346. The predicted octanol–water partition coefficient (Wildman–Crippen LogP) is 0.548. The van der Waals surface area contributed by atoms with Crippen molar-refractivity contribution < 1.29 is 4.79 Å². The van der Waals surface area contributed by atoms with E-state index in [1.807, 2.05) is 13.0 Å². The Hall–Kier alpha value is -1.76. The van der Waals surface area contributed by atoms with Crippen molar-refractivity contribution in [2.45, 2.75) is 13.3 Å². The van der Waals surface area contributed by atoms with Gasteiger partial charge in [-0.1, -0.05) is 6.92 Å². The Labute approximate surface area is 70.0 Å². The first-order valence-corrected chi connectivity index (χ1v) is 3.60. The number of aromatic amines is 1. The number of rotatable bonds is 2. The molecule has 0 unspecified atom stereocenters. The molecule has 0 spiro atoms. The summed E-state index contributed by atoms with van der Waals surface area (Å²) in [7, 11) is 0. The molecule has 0 aliphatic heterocycles. The first-order valence-electron chi connectivity index (χ1n) is 3.60. The molecule has 0 saturated heterocycles. The van der Waals surface area contributed by atoms with E-state index in [4.69, 9.17) is 11.0 Å². The van der Waals surface area contributed by atoms with Crippen LogP contribution >= 0.6 is 0 Å². The van der Waals surface area contributed by atoms with Crippen LogP contribution in [0, 0.1) is 11.3 Å². The third-order valence-electron chi connectivity index (χ3n) is 1.70. The largest absolute Gasteiger partial charge is 0.364 e. The fraction of sp³-hybridized carbons (Fsp3) is 0.250. The lowest BCUT2D eigenvalue weighted by Crippen LogP contribution is -2.12. The normalized spacial score (nSPS) is 9.33. The average Bonchev–Trinajstić information content (AvgIpc) is 2.46. The summed E-state index contributed by atoms with van der Waals surface area (Å²) < 4.78 is 0. The van der Waals surface area contributed by atoms with Crippen molar-refractivity contribution in [1.82, 2.24) is 4.98 Å². The summed E-state index contributed by atoms with van der Waals surface area (Å²) >= 11 is 0. The molecule has 4 nitrogen and oxygen atoms in total. The van der Waals surface area contributed by atoms with Gasteiger partial charge >= 0.3 is 0 Å². The molecule has 0 aliphatic carbocycles. The number of nitrogens with two attached hydrogens (primary N) is 1. The molecule has 0 aromatic carbocycles. The first kappa shape index (κ1) is 8.34. The fourth-order valence-electron chi connectivity index (χ4n) is 1.07. The molecule has 3 N–H and O–H groups in total. The predicted molar refractivity (Wildman–Crippen MR) is 43.4 cm³/mol. The molecule has 4 heteroatoms. The third-order valence-corrected chi connectivity index (χ3v) is 1.70. The number of nitrogens with one attached hydrogen (secondary N) is 1. The molecular formula is C8H9N3O. The minimum absolute atomic E-state index is 0.203. The maximum atomic E-state index is 10.7. The van der Waals surface area contributed by atoms with Crippen LogP contribution in [0.2, 0.25) is 0 Å². The van der Waals surface area contributed by atoms with Gasteiger partial charge in [0.25, 0.3) is 5.91 Å². The molecule has 1 aromatic rings. The van der Waals surface area contributed by atoms with Crippen LogP contribution in [0.15, 0.2) is 6.20 Å². The molecular weight excluding hydrogens is 154 g/mol. The van der Waals surface area contributed by atoms with Crippen LogP contribution in [0.25, 0.3) is 0 Å². The lowest BCUT2D eigenvalue weighted by molar-refractivity contribution is 0.0996. The van der Waals surface area contributed by atoms with Crippen LogP contribution in [-0.2, 0) is 6.42 Å². The van der Waals surface area contributed by atoms with E-state index < -0.39 is 5.91 Å². The molecule has 1 heterocycles. The highest BCUT2D eigenvalue weighted by Gasteiger charge is 2.12. The Kier molecular flexibility index (Phi) is 2.15. The molecule has 1 amide bonds. The van der Waals surface area contributed by atoms with Gasteiger partial charge in [-0.25, -0.2) is 0 Å². The highest BCUT2D eigenvalue weighted by atomic mass is 16.1. The number of hydrogen-bond donors (Lipinski definition) is 2. The molecule has 0 fully saturated rings. The van der Waals surface area contributed by atoms with Crippen LogP contribution in [0.4, 0.5) is 0 Å². The van der Waals surface area contributed by atoms with E-state index >= 15 is 0 Å². The number of nitrogens with zero attached hydrogens (tertiary/aromatic N) is 1. The summed E-state index contributed by atoms with van der Waals surface area (Å²) in [6.45, 7) is 1.91. The number of primary amides is 1. The van der Waals surface area contributed by atoms with Gasteiger partial charge in [0.2, 0.25) is 0 Å². The topological polar surface area (TPSA) is 82.7 Å². The number of hydrogen-bond acceptors (Lipinski definition) is 2. The zero-order valence-electron chi connectivity index (χ0n) is 6.72. The molecule has 1 rings (SSSR count). The summed E-state index contributed by atoms with van der Waals surface area (Å²) in [4.78, 5) is 13.4. The molecule has 0 bridgehead atoms. The Morgan fingerprint density at radius 3 is 2.92 bits per heavy atom. The molecule has 1 aromatic heterocycles. The van der Waals surface area contributed by atoms with E-state index in [1.165, 1.54) is 0 Å². The first-order chi connectivity index (χ1) is 5.70. The number of carbonyl (C=O) groups is 1. The summed E-state index contributed by atoms with van der Waals surface area (Å²) in [6, 6.07) is 1.94. The van der Waals surface area contributed by atoms with Gasteiger partial charge in [-0.2, -0.15) is 5.26 Å². The smallest absolute Gasteiger partial charge is 0.266 e. The Morgan fingerprint density at radius 2 is 2.50 bits per heavy atom. The van der Waals surface area contributed by atoms with Crippen LogP contribution in [0.1, 0.15) is 28.5 Å². The van der Waals surface area contributed by atoms with Gasteiger partial charge in [-0.15, -0.1) is 0 Å². The number of aryl methyl sites for hydroxylation is 1. The number of aromatic nitrogens is 1. The second-order valence-corrected chi connectivity index (χ2v) is 2.39. The van der Waals surface area contributed by atoms with E-state index in [0.29, 0.717) is 12.0 Å². The van der Waals surface area contributed by atoms with Crippen LogP contribution in [0.5, 0.6) is 0 Å². The van der Waals surface area contributed by atoms with Crippen molar-refractivity contribution in [3.05, 3.63) is 23.0 Å². The molecule has 0 atom stereocenters. The van der Waals surface area contributed by atoms with Crippen LogP contribution in [-0.4, -0.2) is 10.9 Å². The highest BCUT2D eigenvalue weighted by Crippen LogP contribution is 2.12. The molecule has 12 heavy (non-hydrogen) atoms. The lowest BCUT2D eigenvalue weighted by atomic mass is 10.1. The van der Waals surface area contributed by atoms with E-state index in [1.54, 1.807) is 6.20 Å². The SMILES string of the molecule is CCc1c[nH]c(C(N)=O)c1C#N. The lowest BCUT2D eigenvalue weighted by Gasteiger charge is -1.91. The quantitative estimate of drug-likeness (QED) is 0.667. The number of nitriles is 1. The highest BCUT2D eigenvalue weighted by molar-refractivity contribution is 5.93. The molecule has 0 aliphatic rings. The summed E-state index contributed by atoms with van der Waals surface area (Å²) in [5.74, 6) is -0.591. The van der Waals surface area contributed by atoms with Crippen LogP contribution in [0.3, 0.4) is 0 Å². The van der Waals surface area contributed by atoms with Gasteiger partial charge in [0.1, 0.15) is 11.8 Å². The third kappa shape index (κ3) is 1.17. The summed E-state index contributed by atoms with van der Waals surface area (Å²) in [5, 5.41) is 8.69. The second-order valence-electron chi connectivity index (χ2n) is 2.39. The zero-order valence-corrected chi connectivity index (χ0v) is 6.72. The summed E-state index contributed by atoms with van der Waals surface area (Å²) in [6.07, 6.45) is 2.35. The fourth-order valence-corrected chi connectivity index (χ4v) is 1.07. The van der Waals surface area contributed by atoms with E-state index in [2.05, 4.69) is 4.98 Å². The Morgan fingerprint density at radius 1 is 1.83 bits per heavy atom. The van der Waals surface area contributed by atoms with Gasteiger partial charge in [0.05, 0.1) is 5.56 Å². The monoisotopic (exact) mass is 163 g/mol. The zero-order chi connectivity index (χ0) is 9.14. The van der Waals surface area contributed by atoms with E-state index in [9.17, 15) is 4.79 Å². The van der Waals surface area contributed by atoms with Crippen molar-refractivity contribution in [3.8, 4) is 6.07 Å². The van der Waals surface area contributed by atoms with Crippen LogP contribution < -0.4 is 5.73 Å². The standard InChI is InChI=1S/C8H9N3O/c1-2-5-4-11-7(8(10)12)6(5)3-9/h4,11H,2H2,1H3,(H2,10,12). The van der Waals surface area contributed by atoms with Gasteiger partial charge in [-0.3, -0.25) is 4.79 Å². The van der Waals surface area contributed by atoms with E-state index in [-0.39, 0.29) is 5.69 Å². The van der Waals surface area contributed by atoms with Crippen molar-refractivity contribution >= 4 is 5.91 Å². The summed E-state index contributed by atoms with van der Waals surface area (Å²) in [5.41, 5.74) is 6.43. The molecule has 0 saturated carbocycles. The van der Waals surface area contributed by atoms with Crippen molar-refractivity contribution in [2.24, 2.45) is 5.73 Å². The minimum Gasteiger partial charge on any atom is -0.364 e. The van der Waals surface area contributed by atoms with Crippen molar-refractivity contribution in [1.29, 1.82) is 5.26 Å². The van der Waals surface area contributed by atoms with Gasteiger partial charge in [-0.05, 0) is 12.0 Å². The minimum atomic E-state index is -0.591.